The zero-order chi connectivity index (χ0) is 6.57. The molecule has 0 saturated heterocycles. The Hall–Kier alpha value is -0.450. The highest BCUT2D eigenvalue weighted by atomic mass is 32.1. The van der Waals surface area contributed by atoms with Gasteiger partial charge in [0.2, 0.25) is 0 Å². The zero-order valence-corrected chi connectivity index (χ0v) is 5.21. The molecule has 0 heterocycles. The summed E-state index contributed by atoms with van der Waals surface area (Å²) < 4.78 is 11.1. The molecule has 2 N–H and O–H groups in total. The van der Waals surface area contributed by atoms with Crippen LogP contribution in [0, 0.1) is 0 Å². The van der Waals surface area contributed by atoms with Crippen LogP contribution < -0.4 is 10.9 Å². The highest BCUT2D eigenvalue weighted by Gasteiger charge is 1.98. The van der Waals surface area contributed by atoms with Crippen LogP contribution in [0.15, 0.2) is 0 Å². The van der Waals surface area contributed by atoms with Gasteiger partial charge in [-0.2, -0.15) is 18.2 Å². The van der Waals surface area contributed by atoms with Crippen molar-refractivity contribution < 1.29 is 9.28 Å². The Morgan fingerprint density at radius 1 is 1.88 bits per heavy atom. The van der Waals surface area contributed by atoms with Gasteiger partial charge in [0, 0.05) is 0 Å². The molecule has 0 aromatic rings. The predicted molar refractivity (Wildman–Crippen MR) is 31.2 cm³/mol. The molecule has 48 valence electrons. The summed E-state index contributed by atoms with van der Waals surface area (Å²) in [6, 6.07) is -0.868. The average molecular weight is 138 g/mol. The van der Waals surface area contributed by atoms with Crippen molar-refractivity contribution >= 4 is 18.7 Å². The van der Waals surface area contributed by atoms with Gasteiger partial charge in [0.25, 0.3) is 0 Å². The van der Waals surface area contributed by atoms with Gasteiger partial charge in [0.1, 0.15) is 0 Å². The quantitative estimate of drug-likeness (QED) is 0.275. The monoisotopic (exact) mass is 138 g/mol. The zero-order valence-electron chi connectivity index (χ0n) is 4.31. The number of hydrogen-bond donors (Lipinski definition) is 3. The molecule has 3 nitrogen and oxygen atoms in total. The van der Waals surface area contributed by atoms with Crippen LogP contribution in [0.1, 0.15) is 6.92 Å². The maximum Gasteiger partial charge on any atom is 0.343 e. The lowest BCUT2D eigenvalue weighted by Crippen LogP contribution is -2.34. The van der Waals surface area contributed by atoms with Gasteiger partial charge in [-0.05, 0) is 6.92 Å². The van der Waals surface area contributed by atoms with Crippen molar-refractivity contribution in [1.29, 1.82) is 0 Å². The van der Waals surface area contributed by atoms with E-state index in [1.807, 2.05) is 0 Å². The second-order valence-electron chi connectivity index (χ2n) is 1.24. The molecule has 0 rings (SSSR count). The van der Waals surface area contributed by atoms with Crippen LogP contribution in [0.4, 0.5) is 9.28 Å². The van der Waals surface area contributed by atoms with Gasteiger partial charge < -0.3 is 5.32 Å². The van der Waals surface area contributed by atoms with E-state index in [0.29, 0.717) is 0 Å². The van der Waals surface area contributed by atoms with Crippen molar-refractivity contribution in [3.8, 4) is 0 Å². The Balaban J connectivity index is 3.25. The summed E-state index contributed by atoms with van der Waals surface area (Å²) in [7, 11) is 0. The summed E-state index contributed by atoms with van der Waals surface area (Å²) in [6.45, 7) is 1.61. The third-order valence-corrected chi connectivity index (χ3v) is 0.555. The highest BCUT2D eigenvalue weighted by Crippen LogP contribution is 1.83. The minimum atomic E-state index is -0.868. The van der Waals surface area contributed by atoms with E-state index < -0.39 is 6.03 Å². The fourth-order valence-electron chi connectivity index (χ4n) is 0.217. The van der Waals surface area contributed by atoms with Gasteiger partial charge in [-0.3, -0.25) is 0 Å². The number of halogens is 1. The molecule has 0 spiro atoms. The molecule has 0 aliphatic rings. The normalized spacial score (nSPS) is 12.4. The number of carbonyl (C=O) groups excluding carboxylic acids is 1. The Kier molecular flexibility index (Phi) is 3.34. The van der Waals surface area contributed by atoms with E-state index in [1.165, 1.54) is 0 Å². The van der Waals surface area contributed by atoms with Gasteiger partial charge in [-0.15, -0.1) is 0 Å². The van der Waals surface area contributed by atoms with Crippen molar-refractivity contribution in [1.82, 2.24) is 10.9 Å². The topological polar surface area (TPSA) is 41.1 Å². The number of urea groups is 1. The minimum absolute atomic E-state index is 0.328. The molecule has 0 saturated carbocycles. The first-order chi connectivity index (χ1) is 3.66. The Bertz CT molecular complexity index is 87.4. The number of hydrogen-bond acceptors (Lipinski definition) is 2. The van der Waals surface area contributed by atoms with Crippen LogP contribution in [0.2, 0.25) is 0 Å². The second kappa shape index (κ2) is 3.54. The largest absolute Gasteiger partial charge is 0.343 e. The van der Waals surface area contributed by atoms with Crippen LogP contribution >= 0.6 is 12.6 Å². The van der Waals surface area contributed by atoms with Crippen molar-refractivity contribution in [2.24, 2.45) is 0 Å². The lowest BCUT2D eigenvalue weighted by molar-refractivity contribution is 0.217. The summed E-state index contributed by atoms with van der Waals surface area (Å²) in [5.41, 5.74) is 0.897. The molecule has 0 radical (unpaired) electrons. The Morgan fingerprint density at radius 2 is 2.38 bits per heavy atom. The van der Waals surface area contributed by atoms with E-state index in [1.54, 1.807) is 6.92 Å². The molecule has 0 aromatic carbocycles. The summed E-state index contributed by atoms with van der Waals surface area (Å²) in [5.74, 6) is 0. The summed E-state index contributed by atoms with van der Waals surface area (Å²) in [5, 5.41) is 1.80. The van der Waals surface area contributed by atoms with E-state index in [9.17, 15) is 9.28 Å². The van der Waals surface area contributed by atoms with Gasteiger partial charge in [0.15, 0.2) is 0 Å². The van der Waals surface area contributed by atoms with E-state index in [-0.39, 0.29) is 5.37 Å². The number of nitrogens with one attached hydrogen (secondary N) is 2. The molecule has 0 bridgehead atoms. The standard InChI is InChI=1S/C3H7FN2OS/c1-2(8)5-3(7)6-4/h2,8H,1H3,(H2,5,6,7). The molecule has 8 heavy (non-hydrogen) atoms. The average Bonchev–Trinajstić information content (AvgIpc) is 1.65. The molecule has 0 fully saturated rings. The number of amides is 2. The Labute approximate surface area is 52.0 Å². The van der Waals surface area contributed by atoms with Crippen LogP contribution in [0.3, 0.4) is 0 Å². The maximum absolute atomic E-state index is 11.1. The molecule has 2 amide bonds. The van der Waals surface area contributed by atoms with E-state index in [2.05, 4.69) is 17.9 Å². The van der Waals surface area contributed by atoms with E-state index >= 15 is 0 Å². The first-order valence-corrected chi connectivity index (χ1v) is 2.53. The molecule has 1 unspecified atom stereocenters. The lowest BCUT2D eigenvalue weighted by Gasteiger charge is -2.02. The van der Waals surface area contributed by atoms with Crippen molar-refractivity contribution in [3.05, 3.63) is 0 Å². The minimum Gasteiger partial charge on any atom is -0.325 e. The van der Waals surface area contributed by atoms with Crippen molar-refractivity contribution in [2.45, 2.75) is 12.3 Å². The molecule has 5 heteroatoms. The van der Waals surface area contributed by atoms with Crippen molar-refractivity contribution in [2.75, 3.05) is 0 Å². The van der Waals surface area contributed by atoms with Crippen LogP contribution in [-0.2, 0) is 0 Å². The van der Waals surface area contributed by atoms with E-state index in [0.717, 1.165) is 5.54 Å². The summed E-state index contributed by atoms with van der Waals surface area (Å²) >= 11 is 3.75. The molecule has 0 aromatic heterocycles. The van der Waals surface area contributed by atoms with Crippen LogP contribution in [0.25, 0.3) is 0 Å². The third-order valence-electron chi connectivity index (χ3n) is 0.426. The molecule has 1 atom stereocenters. The molecule has 0 aliphatic carbocycles. The van der Waals surface area contributed by atoms with Crippen molar-refractivity contribution in [3.63, 3.8) is 0 Å². The fourth-order valence-corrected chi connectivity index (χ4v) is 0.334. The molecule has 0 aliphatic heterocycles. The third kappa shape index (κ3) is 3.73. The van der Waals surface area contributed by atoms with Crippen LogP contribution in [0.5, 0.6) is 0 Å². The van der Waals surface area contributed by atoms with Gasteiger partial charge in [-0.1, -0.05) is 4.48 Å². The number of carbonyl (C=O) groups is 1. The number of thiol groups is 1. The van der Waals surface area contributed by atoms with E-state index in [4.69, 9.17) is 0 Å². The van der Waals surface area contributed by atoms with Gasteiger partial charge >= 0.3 is 6.03 Å². The first-order valence-electron chi connectivity index (χ1n) is 2.02. The second-order valence-corrected chi connectivity index (χ2v) is 2.02. The van der Waals surface area contributed by atoms with Gasteiger partial charge in [-0.25, -0.2) is 4.79 Å². The molecular weight excluding hydrogens is 131 g/mol. The smallest absolute Gasteiger partial charge is 0.325 e. The van der Waals surface area contributed by atoms with Crippen LogP contribution in [-0.4, -0.2) is 11.4 Å². The van der Waals surface area contributed by atoms with Gasteiger partial charge in [0.05, 0.1) is 5.37 Å². The summed E-state index contributed by atoms with van der Waals surface area (Å²) in [4.78, 5) is 9.98. The predicted octanol–water partition coefficient (Wildman–Crippen LogP) is 0.446. The maximum atomic E-state index is 11.1. The number of rotatable bonds is 1. The summed E-state index contributed by atoms with van der Waals surface area (Å²) in [6.07, 6.45) is 0. The fraction of sp³-hybridized carbons (Fsp3) is 0.667. The molecular formula is C3H7FN2OS. The Morgan fingerprint density at radius 3 is 2.50 bits per heavy atom. The lowest BCUT2D eigenvalue weighted by atomic mass is 10.7. The highest BCUT2D eigenvalue weighted by molar-refractivity contribution is 7.80. The first kappa shape index (κ1) is 7.55. The SMILES string of the molecule is CC(S)NC(=O)NF.